The summed E-state index contributed by atoms with van der Waals surface area (Å²) in [5, 5.41) is 12.3. The topological polar surface area (TPSA) is 67.9 Å². The maximum Gasteiger partial charge on any atom is 0.149 e. The Balaban J connectivity index is 1.38. The van der Waals surface area contributed by atoms with E-state index in [1.807, 2.05) is 48.5 Å². The van der Waals surface area contributed by atoms with Crippen LogP contribution in [0, 0.1) is 18.2 Å². The molecule has 0 bridgehead atoms. The summed E-state index contributed by atoms with van der Waals surface area (Å²) in [5.74, 6) is 1.03. The van der Waals surface area contributed by atoms with E-state index in [4.69, 9.17) is 17.9 Å². The zero-order chi connectivity index (χ0) is 36.8. The predicted octanol–water partition coefficient (Wildman–Crippen LogP) is 12.6. The van der Waals surface area contributed by atoms with Crippen molar-refractivity contribution >= 4 is 54.9 Å². The number of fused-ring (bicyclic) bond motifs is 7. The molecule has 3 heterocycles. The third kappa shape index (κ3) is 4.49. The molecule has 5 heteroatoms. The maximum absolute atomic E-state index is 9.45. The van der Waals surface area contributed by atoms with Gasteiger partial charge >= 0.3 is 0 Å². The van der Waals surface area contributed by atoms with Gasteiger partial charge in [0.15, 0.2) is 0 Å². The standard InChI is InChI=1S/C45H35N3O2/c1-25(2)33-20-30(29-11-7-6-8-12-29)21-34(26(3)4)43(33)48-38-14-10-9-13-37(38)47-45(48)32-17-15-27(5)42-36-22-35-31-18-16-28(24-46)19-39(31)49-40(35)23-41(36)50-44(32)42/h6-23,25-26H,1-5H3/i5D3. The molecule has 0 fully saturated rings. The molecule has 9 rings (SSSR count). The van der Waals surface area contributed by atoms with Crippen LogP contribution in [0.15, 0.2) is 118 Å². The minimum atomic E-state index is -2.41. The SMILES string of the molecule is [2H]C([2H])([2H])c1ccc(-c2nc3ccccc3n2-c2c(C(C)C)cc(-c3ccccc3)cc2C(C)C)c2oc3cc4oc5cc(C#N)ccc5c4cc3c12. The lowest BCUT2D eigenvalue weighted by molar-refractivity contribution is 0.656. The van der Waals surface area contributed by atoms with E-state index in [1.165, 1.54) is 11.1 Å². The van der Waals surface area contributed by atoms with Crippen molar-refractivity contribution in [1.29, 1.82) is 5.26 Å². The summed E-state index contributed by atoms with van der Waals surface area (Å²) >= 11 is 0. The van der Waals surface area contributed by atoms with Gasteiger partial charge in [-0.1, -0.05) is 76.2 Å². The minimum Gasteiger partial charge on any atom is -0.456 e. The molecule has 0 saturated heterocycles. The highest BCUT2D eigenvalue weighted by Gasteiger charge is 2.26. The number of aryl methyl sites for hydroxylation is 1. The molecule has 242 valence electrons. The number of nitriles is 1. The first-order chi connectivity index (χ1) is 25.5. The van der Waals surface area contributed by atoms with Gasteiger partial charge in [-0.25, -0.2) is 4.98 Å². The highest BCUT2D eigenvalue weighted by atomic mass is 16.3. The molecule has 0 atom stereocenters. The molecule has 5 nitrogen and oxygen atoms in total. The summed E-state index contributed by atoms with van der Waals surface area (Å²) < 4.78 is 40.9. The summed E-state index contributed by atoms with van der Waals surface area (Å²) in [5.41, 5.74) is 11.1. The quantitative estimate of drug-likeness (QED) is 0.185. The summed E-state index contributed by atoms with van der Waals surface area (Å²) in [4.78, 5) is 5.27. The van der Waals surface area contributed by atoms with Crippen molar-refractivity contribution in [3.63, 3.8) is 0 Å². The average Bonchev–Trinajstić information content (AvgIpc) is 3.83. The van der Waals surface area contributed by atoms with Crippen LogP contribution in [0.4, 0.5) is 0 Å². The van der Waals surface area contributed by atoms with Crippen LogP contribution in [0.3, 0.4) is 0 Å². The number of hydrogen-bond donors (Lipinski definition) is 0. The Kier molecular flexibility index (Phi) is 6.01. The van der Waals surface area contributed by atoms with Crippen LogP contribution in [0.1, 0.15) is 65.9 Å². The van der Waals surface area contributed by atoms with Gasteiger partial charge in [0, 0.05) is 31.7 Å². The van der Waals surface area contributed by atoms with Gasteiger partial charge in [-0.3, -0.25) is 4.57 Å². The molecule has 50 heavy (non-hydrogen) atoms. The van der Waals surface area contributed by atoms with E-state index < -0.39 is 6.85 Å². The van der Waals surface area contributed by atoms with Gasteiger partial charge in [0.05, 0.1) is 33.9 Å². The highest BCUT2D eigenvalue weighted by molar-refractivity contribution is 6.17. The highest BCUT2D eigenvalue weighted by Crippen LogP contribution is 2.44. The summed E-state index contributed by atoms with van der Waals surface area (Å²) in [7, 11) is 0. The molecule has 0 unspecified atom stereocenters. The van der Waals surface area contributed by atoms with Crippen LogP contribution in [-0.2, 0) is 0 Å². The van der Waals surface area contributed by atoms with Gasteiger partial charge in [0.1, 0.15) is 28.2 Å². The molecule has 9 aromatic rings. The van der Waals surface area contributed by atoms with Gasteiger partial charge < -0.3 is 8.83 Å². The molecule has 0 N–H and O–H groups in total. The van der Waals surface area contributed by atoms with Gasteiger partial charge in [0.25, 0.3) is 0 Å². The molecule has 0 spiro atoms. The number of rotatable bonds is 5. The minimum absolute atomic E-state index is 0.179. The Labute approximate surface area is 294 Å². The molecule has 0 amide bonds. The Morgan fingerprint density at radius 2 is 1.42 bits per heavy atom. The Hall–Kier alpha value is -6.12. The third-order valence-corrected chi connectivity index (χ3v) is 9.89. The number of aromatic nitrogens is 2. The number of furan rings is 2. The van der Waals surface area contributed by atoms with Crippen molar-refractivity contribution in [1.82, 2.24) is 9.55 Å². The monoisotopic (exact) mass is 652 g/mol. The van der Waals surface area contributed by atoms with Crippen LogP contribution in [0.2, 0.25) is 0 Å². The van der Waals surface area contributed by atoms with Crippen molar-refractivity contribution in [2.45, 2.75) is 46.4 Å². The molecule has 0 aliphatic heterocycles. The first-order valence-electron chi connectivity index (χ1n) is 18.5. The fraction of sp³-hybridized carbons (Fsp3) is 0.156. The van der Waals surface area contributed by atoms with E-state index in [9.17, 15) is 5.26 Å². The van der Waals surface area contributed by atoms with E-state index in [2.05, 4.69) is 80.8 Å². The van der Waals surface area contributed by atoms with Crippen LogP contribution in [0.5, 0.6) is 0 Å². The number of imidazole rings is 1. The van der Waals surface area contributed by atoms with Gasteiger partial charge in [-0.05, 0) is 101 Å². The van der Waals surface area contributed by atoms with E-state index in [-0.39, 0.29) is 17.4 Å². The second-order valence-electron chi connectivity index (χ2n) is 13.7. The van der Waals surface area contributed by atoms with Crippen LogP contribution < -0.4 is 0 Å². The van der Waals surface area contributed by atoms with Gasteiger partial charge in [-0.15, -0.1) is 0 Å². The molecule has 0 aliphatic carbocycles. The molecular formula is C45H35N3O2. The first kappa shape index (κ1) is 26.8. The smallest absolute Gasteiger partial charge is 0.149 e. The fourth-order valence-corrected chi connectivity index (χ4v) is 7.44. The lowest BCUT2D eigenvalue weighted by atomic mass is 9.88. The lowest BCUT2D eigenvalue weighted by Crippen LogP contribution is -2.09. The van der Waals surface area contributed by atoms with Crippen molar-refractivity contribution in [3.05, 3.63) is 131 Å². The Bertz CT molecular complexity index is 2930. The van der Waals surface area contributed by atoms with Crippen LogP contribution >= 0.6 is 0 Å². The van der Waals surface area contributed by atoms with Crippen molar-refractivity contribution in [2.24, 2.45) is 0 Å². The predicted molar refractivity (Wildman–Crippen MR) is 204 cm³/mol. The summed E-state index contributed by atoms with van der Waals surface area (Å²) in [6.07, 6.45) is 0. The normalized spacial score (nSPS) is 13.2. The van der Waals surface area contributed by atoms with E-state index >= 15 is 0 Å². The zero-order valence-electron chi connectivity index (χ0n) is 31.2. The summed E-state index contributed by atoms with van der Waals surface area (Å²) in [6.45, 7) is 6.48. The average molecular weight is 653 g/mol. The Morgan fingerprint density at radius 3 is 2.16 bits per heavy atom. The first-order valence-corrected chi connectivity index (χ1v) is 17.0. The molecule has 0 aliphatic rings. The number of nitrogens with zero attached hydrogens (tertiary/aromatic N) is 3. The molecule has 3 aromatic heterocycles. The molecule has 0 saturated carbocycles. The van der Waals surface area contributed by atoms with Crippen molar-refractivity contribution in [3.8, 4) is 34.3 Å². The van der Waals surface area contributed by atoms with Crippen LogP contribution in [0.25, 0.3) is 83.1 Å². The lowest BCUT2D eigenvalue weighted by Gasteiger charge is -2.24. The van der Waals surface area contributed by atoms with Crippen molar-refractivity contribution in [2.75, 3.05) is 0 Å². The molecule has 0 radical (unpaired) electrons. The fourth-order valence-electron chi connectivity index (χ4n) is 7.44. The van der Waals surface area contributed by atoms with E-state index in [1.54, 1.807) is 18.2 Å². The molecular weight excluding hydrogens is 615 g/mol. The van der Waals surface area contributed by atoms with E-state index in [0.717, 1.165) is 38.6 Å². The maximum atomic E-state index is 9.45. The van der Waals surface area contributed by atoms with Gasteiger partial charge in [-0.2, -0.15) is 5.26 Å². The van der Waals surface area contributed by atoms with E-state index in [0.29, 0.717) is 50.1 Å². The number of benzene rings is 6. The number of para-hydroxylation sites is 2. The van der Waals surface area contributed by atoms with Crippen LogP contribution in [-0.4, -0.2) is 9.55 Å². The third-order valence-electron chi connectivity index (χ3n) is 9.89. The second-order valence-corrected chi connectivity index (χ2v) is 13.7. The second kappa shape index (κ2) is 11.2. The Morgan fingerprint density at radius 1 is 0.700 bits per heavy atom. The summed E-state index contributed by atoms with van der Waals surface area (Å²) in [6, 6.07) is 38.0. The largest absolute Gasteiger partial charge is 0.456 e. The van der Waals surface area contributed by atoms with Gasteiger partial charge in [0.2, 0.25) is 0 Å². The molecule has 6 aromatic carbocycles. The van der Waals surface area contributed by atoms with Crippen molar-refractivity contribution < 1.29 is 12.9 Å². The zero-order valence-corrected chi connectivity index (χ0v) is 28.2. The number of hydrogen-bond acceptors (Lipinski definition) is 4.